The second kappa shape index (κ2) is 49.9. The minimum atomic E-state index is -2.19. The third-order valence-corrected chi connectivity index (χ3v) is 30.4. The number of aryl methyl sites for hydroxylation is 9. The van der Waals surface area contributed by atoms with E-state index in [4.69, 9.17) is 43.5 Å². The van der Waals surface area contributed by atoms with E-state index in [-0.39, 0.29) is 31.1 Å². The number of carbonyl (C=O) groups excluding carboxylic acids is 2. The Morgan fingerprint density at radius 1 is 0.537 bits per heavy atom. The number of para-hydroxylation sites is 1. The third kappa shape index (κ3) is 29.4. The van der Waals surface area contributed by atoms with E-state index in [1.807, 2.05) is 53.1 Å². The molecule has 5 fully saturated rings. The van der Waals surface area contributed by atoms with Gasteiger partial charge in [0.15, 0.2) is 0 Å². The van der Waals surface area contributed by atoms with Crippen LogP contribution in [-0.2, 0) is 42.1 Å². The van der Waals surface area contributed by atoms with Crippen molar-refractivity contribution >= 4 is 123 Å². The van der Waals surface area contributed by atoms with E-state index < -0.39 is 36.9 Å². The Kier molecular flexibility index (Phi) is 40.8. The van der Waals surface area contributed by atoms with Crippen LogP contribution in [0.2, 0.25) is 0 Å². The zero-order valence-electron chi connectivity index (χ0n) is 71.7. The van der Waals surface area contributed by atoms with Gasteiger partial charge in [-0.3, -0.25) is 19.8 Å². The van der Waals surface area contributed by atoms with Crippen molar-refractivity contribution in [2.75, 3.05) is 57.8 Å². The van der Waals surface area contributed by atoms with Crippen molar-refractivity contribution in [1.29, 1.82) is 0 Å². The van der Waals surface area contributed by atoms with E-state index in [0.29, 0.717) is 28.3 Å². The SMILES string of the molecule is C1CCC([PH+](C2CCCCC2)C2CCCCC2)CC1.C=C1C=C(C)C(=[N+]2[CH-]N(c3c(C)cc(C)cc3C)CC2)C(C)=C1.C=CN(C(=O)c1ccc([N+](=O)[O-])cc1)c1ccc(OC)cc1.Cc1cc(C)c(N2[CH-]N(c3c(C)cc(C)cc3C)CC2)c(C)c1.O=[N+]([O-])c1ccc(C(=[OH+])N([CH]=[Ru]([Cl])[Cl])c2ccccc2)cc1.[Cl][Cu].[Cl][Ru]([Cl])=[CH]c1ccccc1. The van der Waals surface area contributed by atoms with Crippen LogP contribution in [-0.4, -0.2) is 96.4 Å². The molecule has 3 saturated carbocycles. The van der Waals surface area contributed by atoms with E-state index in [9.17, 15) is 29.8 Å². The Bertz CT molecular complexity index is 4790. The number of benzene rings is 8. The van der Waals surface area contributed by atoms with Crippen LogP contribution >= 0.6 is 56.8 Å². The molecule has 14 rings (SSSR count). The number of hydrogen-bond donors (Lipinski definition) is 0. The van der Waals surface area contributed by atoms with Gasteiger partial charge in [-0.25, -0.2) is 0 Å². The molecule has 654 valence electrons. The molecule has 4 aliphatic carbocycles. The quantitative estimate of drug-likeness (QED) is 0.0175. The van der Waals surface area contributed by atoms with Crippen LogP contribution in [0.15, 0.2) is 218 Å². The van der Waals surface area contributed by atoms with Gasteiger partial charge in [-0.05, 0) is 215 Å². The Balaban J connectivity index is 0.000000182. The molecular formula is C97H118Cl5CuN8O7PRu2+. The molecule has 121 heavy (non-hydrogen) atoms. The monoisotopic (exact) mass is 1980 g/mol. The van der Waals surface area contributed by atoms with Gasteiger partial charge in [-0.1, -0.05) is 123 Å². The van der Waals surface area contributed by atoms with E-state index >= 15 is 0 Å². The number of carbonyl (C=O) groups is 1. The number of non-ortho nitro benzene ring substituents is 2. The maximum absolute atomic E-state index is 12.5. The fourth-order valence-electron chi connectivity index (χ4n) is 17.6. The summed E-state index contributed by atoms with van der Waals surface area (Å²) in [6.07, 6.45) is 29.5. The molecule has 2 saturated heterocycles. The summed E-state index contributed by atoms with van der Waals surface area (Å²) in [5.41, 5.74) is 28.0. The molecule has 2 heterocycles. The number of nitro groups is 2. The van der Waals surface area contributed by atoms with Crippen LogP contribution in [0.1, 0.15) is 182 Å². The number of methoxy groups -OCH3 is 1. The van der Waals surface area contributed by atoms with Crippen molar-refractivity contribution < 1.29 is 70.9 Å². The molecule has 24 heteroatoms. The first-order valence-corrected chi connectivity index (χ1v) is 55.1. The van der Waals surface area contributed by atoms with Crippen LogP contribution < -0.4 is 29.2 Å². The number of hydrogen-bond acceptors (Lipinski definition) is 9. The van der Waals surface area contributed by atoms with Gasteiger partial charge in [0.1, 0.15) is 19.0 Å². The van der Waals surface area contributed by atoms with Crippen molar-refractivity contribution in [3.8, 4) is 5.75 Å². The van der Waals surface area contributed by atoms with Gasteiger partial charge in [0.2, 0.25) is 0 Å². The zero-order valence-corrected chi connectivity index (χ0v) is 80.9. The number of nitrogens with zero attached hydrogens (tertiary/aromatic N) is 8. The summed E-state index contributed by atoms with van der Waals surface area (Å²) >= 11 is -0.145. The van der Waals surface area contributed by atoms with E-state index in [0.717, 1.165) is 37.3 Å². The first kappa shape index (κ1) is 99.0. The number of halogens is 5. The van der Waals surface area contributed by atoms with Crippen LogP contribution in [0.3, 0.4) is 0 Å². The van der Waals surface area contributed by atoms with Crippen molar-refractivity contribution in [2.24, 2.45) is 0 Å². The predicted octanol–water partition coefficient (Wildman–Crippen LogP) is 26.1. The first-order chi connectivity index (χ1) is 58.0. The maximum atomic E-state index is 12.5. The third-order valence-electron chi connectivity index (χ3n) is 22.4. The second-order valence-electron chi connectivity index (χ2n) is 31.5. The molecule has 2 aliphatic heterocycles. The molecule has 0 radical (unpaired) electrons. The van der Waals surface area contributed by atoms with Crippen LogP contribution in [0.25, 0.3) is 0 Å². The van der Waals surface area contributed by atoms with Gasteiger partial charge >= 0.3 is 238 Å². The molecule has 0 spiro atoms. The van der Waals surface area contributed by atoms with Gasteiger partial charge in [-0.15, -0.1) is 0 Å². The van der Waals surface area contributed by atoms with E-state index in [2.05, 4.69) is 196 Å². The number of anilines is 5. The number of nitro benzene ring substituents is 2. The Morgan fingerprint density at radius 3 is 1.29 bits per heavy atom. The minimum absolute atomic E-state index is 0.0465. The van der Waals surface area contributed by atoms with Crippen LogP contribution in [0.5, 0.6) is 5.75 Å². The zero-order chi connectivity index (χ0) is 88.0. The number of amides is 2. The van der Waals surface area contributed by atoms with Gasteiger partial charge in [-0.2, -0.15) is 6.67 Å². The van der Waals surface area contributed by atoms with Gasteiger partial charge in [0.25, 0.3) is 11.6 Å². The molecular weight excluding hydrogens is 1860 g/mol. The van der Waals surface area contributed by atoms with Crippen molar-refractivity contribution in [2.45, 2.75) is 189 Å². The normalized spacial score (nSPS) is 15.5. The van der Waals surface area contributed by atoms with Gasteiger partial charge < -0.3 is 24.0 Å². The fourth-order valence-corrected chi connectivity index (χ4v) is 26.3. The molecule has 15 nitrogen and oxygen atoms in total. The summed E-state index contributed by atoms with van der Waals surface area (Å²) in [5, 5.41) is 21.3. The average Bonchev–Trinajstić information content (AvgIpc) is 1.75. The Labute approximate surface area is 759 Å². The summed E-state index contributed by atoms with van der Waals surface area (Å²) in [4.78, 5) is 53.3. The van der Waals surface area contributed by atoms with E-state index in [1.165, 1.54) is 165 Å². The molecule has 2 amide bonds. The molecule has 0 aromatic heterocycles. The van der Waals surface area contributed by atoms with Gasteiger partial charge in [0.05, 0.1) is 41.3 Å². The van der Waals surface area contributed by atoms with E-state index in [1.54, 1.807) is 145 Å². The topological polar surface area (TPSA) is 153 Å². The molecule has 0 bridgehead atoms. The van der Waals surface area contributed by atoms with Crippen molar-refractivity contribution in [3.05, 3.63) is 318 Å². The molecule has 0 atom stereocenters. The summed E-state index contributed by atoms with van der Waals surface area (Å²) in [6, 6.07) is 50.5. The second-order valence-corrected chi connectivity index (χ2v) is 46.4. The molecule has 1 N–H and O–H groups in total. The standard InChI is InChI=1S/C21H27N2.C21H26N2.C18H33P.C16H14N2O4.C14H10N2O3.C7H6.5ClH.Cu.2Ru/c2*1-14-9-16(3)20(17(4)10-14)22-7-8-23(13-22)21-18(5)11-15(2)12-19(21)6;1-4-10-16(11-5-1)19(17-12-6-2-7-13-17)18-14-8-3-9-15-18;1-3-17(13-8-10-15(22-2)11-9-13)16(19)12-4-6-14(7-5-12)18(20)21;1-15(12-5-3-2-4-6-12)14(17)11-7-9-13(10-8-11)16(18)19;1-7-5-3-2-4-6-7;;;;;;;;/h9-13H,7-8H2,1-6H3;9-13H,1,7-8H2,2-6H3;16-18H,1-15H2;3-11H,1H2,2H3;1-10H;1-6H;5*1H;;;/q-1;;;;;;;;;;;+1;2*+2/p-3. The summed E-state index contributed by atoms with van der Waals surface area (Å²) in [5.74, 6) is 0.256. The summed E-state index contributed by atoms with van der Waals surface area (Å²) in [6.45, 7) is 40.5. The number of allylic oxidation sites excluding steroid dienone is 5. The molecule has 8 aromatic rings. The summed E-state index contributed by atoms with van der Waals surface area (Å²) in [7, 11) is 28.9. The molecule has 6 aliphatic rings. The first-order valence-electron chi connectivity index (χ1n) is 41.1. The van der Waals surface area contributed by atoms with Crippen LogP contribution in [0, 0.1) is 95.9 Å². The average molecular weight is 1980 g/mol. The fraction of sp³-hybridized carbons (Fsp3) is 0.351. The number of ether oxygens (including phenoxy) is 1. The molecule has 8 aromatic carbocycles. The van der Waals surface area contributed by atoms with Crippen LogP contribution in [0.4, 0.5) is 39.8 Å². The van der Waals surface area contributed by atoms with Gasteiger partial charge in [0, 0.05) is 67.7 Å². The van der Waals surface area contributed by atoms with Crippen molar-refractivity contribution in [1.82, 2.24) is 0 Å². The summed E-state index contributed by atoms with van der Waals surface area (Å²) < 4.78 is 10.9. The van der Waals surface area contributed by atoms with Crippen molar-refractivity contribution in [3.63, 3.8) is 0 Å². The predicted molar refractivity (Wildman–Crippen MR) is 506 cm³/mol. The Hall–Kier alpha value is -7.41. The Morgan fingerprint density at radius 2 is 0.917 bits per heavy atom. The number of rotatable bonds is 16. The molecule has 0 unspecified atom stereocenters.